The predicted octanol–water partition coefficient (Wildman–Crippen LogP) is 4.45. The van der Waals surface area contributed by atoms with Gasteiger partial charge in [-0.3, -0.25) is 4.98 Å². The van der Waals surface area contributed by atoms with Crippen molar-refractivity contribution in [2.24, 2.45) is 0 Å². The summed E-state index contributed by atoms with van der Waals surface area (Å²) in [5.74, 6) is 0. The van der Waals surface area contributed by atoms with Crippen LogP contribution in [0.1, 0.15) is 21.7 Å². The zero-order valence-electron chi connectivity index (χ0n) is 14.5. The van der Waals surface area contributed by atoms with Crippen molar-refractivity contribution in [2.75, 3.05) is 5.32 Å². The third kappa shape index (κ3) is 4.22. The first kappa shape index (κ1) is 17.1. The highest BCUT2D eigenvalue weighted by Crippen LogP contribution is 2.27. The third-order valence-electron chi connectivity index (χ3n) is 3.98. The SMILES string of the molecule is Cc1ccc(NC(=O)NCc2sc(-c3cccnc3)nc2C)cc1C. The average Bonchev–Trinajstić information content (AvgIpc) is 2.98. The van der Waals surface area contributed by atoms with Gasteiger partial charge in [-0.25, -0.2) is 9.78 Å². The van der Waals surface area contributed by atoms with E-state index in [2.05, 4.69) is 20.6 Å². The Morgan fingerprint density at radius 1 is 1.16 bits per heavy atom. The molecule has 25 heavy (non-hydrogen) atoms. The van der Waals surface area contributed by atoms with E-state index >= 15 is 0 Å². The van der Waals surface area contributed by atoms with Gasteiger partial charge in [0.1, 0.15) is 5.01 Å². The number of rotatable bonds is 4. The van der Waals surface area contributed by atoms with Gasteiger partial charge >= 0.3 is 6.03 Å². The molecule has 2 aromatic heterocycles. The normalized spacial score (nSPS) is 10.5. The fourth-order valence-corrected chi connectivity index (χ4v) is 3.35. The largest absolute Gasteiger partial charge is 0.333 e. The highest BCUT2D eigenvalue weighted by molar-refractivity contribution is 7.15. The van der Waals surface area contributed by atoms with Gasteiger partial charge in [0.25, 0.3) is 0 Å². The molecule has 0 aliphatic heterocycles. The fraction of sp³-hybridized carbons (Fsp3) is 0.211. The first-order valence-corrected chi connectivity index (χ1v) is 8.83. The monoisotopic (exact) mass is 352 g/mol. The first-order chi connectivity index (χ1) is 12.0. The van der Waals surface area contributed by atoms with Gasteiger partial charge < -0.3 is 10.6 Å². The second kappa shape index (κ2) is 7.44. The molecule has 0 fully saturated rings. The van der Waals surface area contributed by atoms with Crippen molar-refractivity contribution in [3.8, 4) is 10.6 Å². The molecular formula is C19H20N4OS. The Morgan fingerprint density at radius 3 is 2.72 bits per heavy atom. The number of carbonyl (C=O) groups excluding carboxylic acids is 1. The second-order valence-corrected chi connectivity index (χ2v) is 6.96. The highest BCUT2D eigenvalue weighted by atomic mass is 32.1. The van der Waals surface area contributed by atoms with E-state index in [4.69, 9.17) is 0 Å². The van der Waals surface area contributed by atoms with Gasteiger partial charge in [0.15, 0.2) is 0 Å². The number of nitrogens with one attached hydrogen (secondary N) is 2. The summed E-state index contributed by atoms with van der Waals surface area (Å²) in [6.07, 6.45) is 3.53. The lowest BCUT2D eigenvalue weighted by Crippen LogP contribution is -2.28. The van der Waals surface area contributed by atoms with Crippen molar-refractivity contribution in [3.05, 3.63) is 64.4 Å². The number of urea groups is 1. The van der Waals surface area contributed by atoms with Crippen LogP contribution in [0, 0.1) is 20.8 Å². The summed E-state index contributed by atoms with van der Waals surface area (Å²) < 4.78 is 0. The van der Waals surface area contributed by atoms with Crippen LogP contribution in [0.2, 0.25) is 0 Å². The number of hydrogen-bond acceptors (Lipinski definition) is 4. The van der Waals surface area contributed by atoms with Crippen molar-refractivity contribution in [1.29, 1.82) is 0 Å². The lowest BCUT2D eigenvalue weighted by Gasteiger charge is -2.09. The molecule has 3 rings (SSSR count). The molecule has 0 unspecified atom stereocenters. The summed E-state index contributed by atoms with van der Waals surface area (Å²) in [5.41, 5.74) is 5.06. The van der Waals surface area contributed by atoms with Crippen molar-refractivity contribution < 1.29 is 4.79 Å². The van der Waals surface area contributed by atoms with Gasteiger partial charge in [-0.15, -0.1) is 11.3 Å². The highest BCUT2D eigenvalue weighted by Gasteiger charge is 2.11. The third-order valence-corrected chi connectivity index (χ3v) is 5.18. The van der Waals surface area contributed by atoms with Crippen LogP contribution in [0.25, 0.3) is 10.6 Å². The van der Waals surface area contributed by atoms with Crippen LogP contribution in [-0.2, 0) is 6.54 Å². The van der Waals surface area contributed by atoms with Gasteiger partial charge in [0.05, 0.1) is 12.2 Å². The van der Waals surface area contributed by atoms with E-state index in [1.807, 2.05) is 51.1 Å². The first-order valence-electron chi connectivity index (χ1n) is 8.02. The minimum Gasteiger partial charge on any atom is -0.333 e. The molecule has 0 spiro atoms. The molecule has 2 amide bonds. The molecule has 0 aliphatic carbocycles. The van der Waals surface area contributed by atoms with Gasteiger partial charge in [-0.2, -0.15) is 0 Å². The Bertz CT molecular complexity index is 890. The summed E-state index contributed by atoms with van der Waals surface area (Å²) in [6, 6.07) is 9.52. The van der Waals surface area contributed by atoms with Crippen LogP contribution in [0.3, 0.4) is 0 Å². The number of nitrogens with zero attached hydrogens (tertiary/aromatic N) is 2. The molecule has 0 atom stereocenters. The van der Waals surface area contributed by atoms with E-state index in [-0.39, 0.29) is 6.03 Å². The standard InChI is InChI=1S/C19H20N4OS/c1-12-6-7-16(9-13(12)2)23-19(24)21-11-17-14(3)22-18(25-17)15-5-4-8-20-10-15/h4-10H,11H2,1-3H3,(H2,21,23,24). The van der Waals surface area contributed by atoms with E-state index in [9.17, 15) is 4.79 Å². The molecule has 0 saturated carbocycles. The van der Waals surface area contributed by atoms with Gasteiger partial charge in [0.2, 0.25) is 0 Å². The Labute approximate surface area is 151 Å². The molecule has 128 valence electrons. The Morgan fingerprint density at radius 2 is 2.00 bits per heavy atom. The molecule has 0 radical (unpaired) electrons. The maximum absolute atomic E-state index is 12.1. The molecule has 0 aliphatic rings. The summed E-state index contributed by atoms with van der Waals surface area (Å²) in [7, 11) is 0. The van der Waals surface area contributed by atoms with Crippen LogP contribution >= 0.6 is 11.3 Å². The summed E-state index contributed by atoms with van der Waals surface area (Å²) in [4.78, 5) is 21.9. The van der Waals surface area contributed by atoms with Crippen LogP contribution in [0.5, 0.6) is 0 Å². The number of aromatic nitrogens is 2. The Balaban J connectivity index is 1.62. The number of aryl methyl sites for hydroxylation is 3. The summed E-state index contributed by atoms with van der Waals surface area (Å²) in [5, 5.41) is 6.67. The molecule has 1 aromatic carbocycles. The summed E-state index contributed by atoms with van der Waals surface area (Å²) in [6.45, 7) is 6.47. The van der Waals surface area contributed by atoms with Crippen LogP contribution in [0.15, 0.2) is 42.7 Å². The number of anilines is 1. The minimum atomic E-state index is -0.223. The Hall–Kier alpha value is -2.73. The number of amides is 2. The molecule has 0 bridgehead atoms. The average molecular weight is 352 g/mol. The number of benzene rings is 1. The number of carbonyl (C=O) groups is 1. The van der Waals surface area contributed by atoms with E-state index in [0.29, 0.717) is 6.54 Å². The molecule has 2 N–H and O–H groups in total. The molecule has 0 saturated heterocycles. The quantitative estimate of drug-likeness (QED) is 0.729. The van der Waals surface area contributed by atoms with Gasteiger partial charge in [-0.05, 0) is 56.2 Å². The second-order valence-electron chi connectivity index (χ2n) is 5.88. The Kier molecular flexibility index (Phi) is 5.09. The minimum absolute atomic E-state index is 0.223. The molecule has 3 aromatic rings. The molecular weight excluding hydrogens is 332 g/mol. The maximum atomic E-state index is 12.1. The van der Waals surface area contributed by atoms with Gasteiger partial charge in [-0.1, -0.05) is 6.07 Å². The van der Waals surface area contributed by atoms with E-state index in [1.165, 1.54) is 5.56 Å². The van der Waals surface area contributed by atoms with Crippen molar-refractivity contribution >= 4 is 23.1 Å². The number of hydrogen-bond donors (Lipinski definition) is 2. The lowest BCUT2D eigenvalue weighted by atomic mass is 10.1. The van der Waals surface area contributed by atoms with Gasteiger partial charge in [0, 0.05) is 28.5 Å². The van der Waals surface area contributed by atoms with E-state index in [0.717, 1.165) is 32.4 Å². The lowest BCUT2D eigenvalue weighted by molar-refractivity contribution is 0.252. The van der Waals surface area contributed by atoms with Crippen molar-refractivity contribution in [1.82, 2.24) is 15.3 Å². The van der Waals surface area contributed by atoms with E-state index in [1.54, 1.807) is 23.7 Å². The van der Waals surface area contributed by atoms with Crippen molar-refractivity contribution in [2.45, 2.75) is 27.3 Å². The summed E-state index contributed by atoms with van der Waals surface area (Å²) >= 11 is 1.57. The van der Waals surface area contributed by atoms with Crippen molar-refractivity contribution in [3.63, 3.8) is 0 Å². The predicted molar refractivity (Wildman–Crippen MR) is 102 cm³/mol. The van der Waals surface area contributed by atoms with Crippen LogP contribution in [-0.4, -0.2) is 16.0 Å². The number of thiazole rings is 1. The zero-order chi connectivity index (χ0) is 17.8. The topological polar surface area (TPSA) is 66.9 Å². The zero-order valence-corrected chi connectivity index (χ0v) is 15.3. The molecule has 2 heterocycles. The molecule has 5 nitrogen and oxygen atoms in total. The molecule has 6 heteroatoms. The number of pyridine rings is 1. The van der Waals surface area contributed by atoms with E-state index < -0.39 is 0 Å². The fourth-order valence-electron chi connectivity index (χ4n) is 2.36. The van der Waals surface area contributed by atoms with Crippen LogP contribution in [0.4, 0.5) is 10.5 Å². The maximum Gasteiger partial charge on any atom is 0.319 e. The van der Waals surface area contributed by atoms with Crippen LogP contribution < -0.4 is 10.6 Å². The smallest absolute Gasteiger partial charge is 0.319 e.